The average Bonchev–Trinajstić information content (AvgIpc) is 2.47. The molecule has 0 saturated heterocycles. The van der Waals surface area contributed by atoms with Crippen LogP contribution >= 0.6 is 9.24 Å². The molecule has 1 heteroatoms. The van der Waals surface area contributed by atoms with E-state index in [1.165, 1.54) is 103 Å². The molecular formula is C19H37P. The van der Waals surface area contributed by atoms with Gasteiger partial charge in [-0.1, -0.05) is 109 Å². The number of hydrogen-bond acceptors (Lipinski definition) is 0. The molecule has 0 aromatic heterocycles. The number of hydrogen-bond donors (Lipinski definition) is 0. The lowest BCUT2D eigenvalue weighted by Crippen LogP contribution is -1.83. The number of rotatable bonds is 16. The second-order valence-corrected chi connectivity index (χ2v) is 6.42. The van der Waals surface area contributed by atoms with Gasteiger partial charge in [0.2, 0.25) is 0 Å². The molecule has 0 unspecified atom stereocenters. The molecule has 0 bridgehead atoms. The molecule has 20 heavy (non-hydrogen) atoms. The second-order valence-electron chi connectivity index (χ2n) is 6.12. The van der Waals surface area contributed by atoms with E-state index >= 15 is 0 Å². The van der Waals surface area contributed by atoms with Crippen LogP contribution in [0.5, 0.6) is 0 Å². The molecule has 0 aliphatic carbocycles. The predicted molar refractivity (Wildman–Crippen MR) is 95.6 cm³/mol. The van der Waals surface area contributed by atoms with Gasteiger partial charge in [0.1, 0.15) is 0 Å². The minimum Gasteiger partial charge on any atom is -0.0834 e. The summed E-state index contributed by atoms with van der Waals surface area (Å²) in [5.41, 5.74) is 0. The molecule has 0 fully saturated rings. The highest BCUT2D eigenvalue weighted by Crippen LogP contribution is 2.13. The first-order chi connectivity index (χ1) is 9.91. The third kappa shape index (κ3) is 18.2. The molecule has 0 heterocycles. The van der Waals surface area contributed by atoms with E-state index in [-0.39, 0.29) is 0 Å². The Balaban J connectivity index is 2.92. The molecule has 0 amide bonds. The minimum absolute atomic E-state index is 1.21. The standard InChI is InChI=1S/C19H37P/c1-2-3-4-5-6-7-8-9-10-11-12-13-14-15-16-17-18-19-20/h18-19H,2-17H2,1H3/b19-18+. The van der Waals surface area contributed by atoms with E-state index in [1.807, 2.05) is 5.82 Å². The van der Waals surface area contributed by atoms with Crippen LogP contribution in [0.2, 0.25) is 0 Å². The van der Waals surface area contributed by atoms with Gasteiger partial charge in [-0.2, -0.15) is 0 Å². The summed E-state index contributed by atoms with van der Waals surface area (Å²) < 4.78 is 0. The van der Waals surface area contributed by atoms with Crippen molar-refractivity contribution in [2.75, 3.05) is 0 Å². The van der Waals surface area contributed by atoms with Crippen LogP contribution in [-0.4, -0.2) is 0 Å². The molecule has 0 saturated carbocycles. The quantitative estimate of drug-likeness (QED) is 0.199. The predicted octanol–water partition coefficient (Wildman–Crippen LogP) is 8.17. The fraction of sp³-hybridized carbons (Fsp3) is 0.895. The van der Waals surface area contributed by atoms with Crippen LogP contribution in [0.1, 0.15) is 110 Å². The molecule has 0 nitrogen and oxygen atoms in total. The molecule has 2 radical (unpaired) electrons. The number of allylic oxidation sites excluding steroid dienone is 1. The summed E-state index contributed by atoms with van der Waals surface area (Å²) in [7, 11) is 4.07. The van der Waals surface area contributed by atoms with Crippen molar-refractivity contribution in [2.24, 2.45) is 0 Å². The van der Waals surface area contributed by atoms with Gasteiger partial charge in [0, 0.05) is 0 Å². The highest BCUT2D eigenvalue weighted by atomic mass is 31.0. The average molecular weight is 296 g/mol. The van der Waals surface area contributed by atoms with Crippen molar-refractivity contribution >= 4 is 9.24 Å². The van der Waals surface area contributed by atoms with Gasteiger partial charge in [-0.15, -0.1) is 0 Å². The minimum atomic E-state index is 1.21. The molecule has 0 aliphatic rings. The normalized spacial score (nSPS) is 11.5. The van der Waals surface area contributed by atoms with Crippen LogP contribution in [0.4, 0.5) is 0 Å². The maximum atomic E-state index is 4.07. The fourth-order valence-electron chi connectivity index (χ4n) is 2.71. The van der Waals surface area contributed by atoms with Crippen molar-refractivity contribution < 1.29 is 0 Å². The Morgan fingerprint density at radius 2 is 0.900 bits per heavy atom. The fourth-order valence-corrected chi connectivity index (χ4v) is 2.86. The molecule has 118 valence electrons. The lowest BCUT2D eigenvalue weighted by Gasteiger charge is -2.03. The van der Waals surface area contributed by atoms with E-state index in [9.17, 15) is 0 Å². The Bertz CT molecular complexity index is 186. The van der Waals surface area contributed by atoms with Crippen molar-refractivity contribution in [3.63, 3.8) is 0 Å². The van der Waals surface area contributed by atoms with E-state index in [0.29, 0.717) is 0 Å². The summed E-state index contributed by atoms with van der Waals surface area (Å²) in [5, 5.41) is 0. The molecule has 0 aliphatic heterocycles. The van der Waals surface area contributed by atoms with E-state index in [2.05, 4.69) is 22.2 Å². The molecule has 0 aromatic rings. The van der Waals surface area contributed by atoms with Crippen molar-refractivity contribution in [3.05, 3.63) is 11.9 Å². The Morgan fingerprint density at radius 3 is 1.25 bits per heavy atom. The van der Waals surface area contributed by atoms with Gasteiger partial charge in [-0.3, -0.25) is 0 Å². The van der Waals surface area contributed by atoms with Gasteiger partial charge in [0.15, 0.2) is 0 Å². The maximum Gasteiger partial charge on any atom is -0.0146 e. The first kappa shape index (κ1) is 20.2. The van der Waals surface area contributed by atoms with Crippen LogP contribution in [0, 0.1) is 0 Å². The molecule has 0 N–H and O–H groups in total. The van der Waals surface area contributed by atoms with Gasteiger partial charge in [0.25, 0.3) is 0 Å². The van der Waals surface area contributed by atoms with E-state index < -0.39 is 0 Å². The molecule has 0 aromatic carbocycles. The lowest BCUT2D eigenvalue weighted by molar-refractivity contribution is 0.533. The summed E-state index contributed by atoms with van der Waals surface area (Å²) in [6, 6.07) is 0. The first-order valence-electron chi connectivity index (χ1n) is 9.21. The van der Waals surface area contributed by atoms with E-state index in [1.54, 1.807) is 0 Å². The van der Waals surface area contributed by atoms with Crippen LogP contribution in [0.25, 0.3) is 0 Å². The Hall–Kier alpha value is 0.170. The van der Waals surface area contributed by atoms with Gasteiger partial charge < -0.3 is 0 Å². The molecular weight excluding hydrogens is 259 g/mol. The van der Waals surface area contributed by atoms with Crippen molar-refractivity contribution in [3.8, 4) is 0 Å². The third-order valence-electron chi connectivity index (χ3n) is 4.08. The lowest BCUT2D eigenvalue weighted by atomic mass is 10.0. The van der Waals surface area contributed by atoms with Crippen LogP contribution < -0.4 is 0 Å². The van der Waals surface area contributed by atoms with Gasteiger partial charge in [-0.25, -0.2) is 0 Å². The van der Waals surface area contributed by atoms with Crippen molar-refractivity contribution in [1.82, 2.24) is 0 Å². The van der Waals surface area contributed by atoms with E-state index in [4.69, 9.17) is 0 Å². The van der Waals surface area contributed by atoms with Gasteiger partial charge >= 0.3 is 0 Å². The Morgan fingerprint density at radius 1 is 0.550 bits per heavy atom. The second kappa shape index (κ2) is 19.2. The summed E-state index contributed by atoms with van der Waals surface area (Å²) >= 11 is 0. The summed E-state index contributed by atoms with van der Waals surface area (Å²) in [5.74, 6) is 1.86. The largest absolute Gasteiger partial charge is 0.0834 e. The highest BCUT2D eigenvalue weighted by molar-refractivity contribution is 7.20. The van der Waals surface area contributed by atoms with Gasteiger partial charge in [-0.05, 0) is 22.1 Å². The summed E-state index contributed by atoms with van der Waals surface area (Å²) in [6.07, 6.45) is 25.0. The zero-order chi connectivity index (χ0) is 14.7. The highest BCUT2D eigenvalue weighted by Gasteiger charge is 1.93. The smallest absolute Gasteiger partial charge is 0.0146 e. The topological polar surface area (TPSA) is 0 Å². The molecule has 0 rings (SSSR count). The summed E-state index contributed by atoms with van der Waals surface area (Å²) in [4.78, 5) is 0. The third-order valence-corrected chi connectivity index (χ3v) is 4.29. The monoisotopic (exact) mass is 296 g/mol. The Kier molecular flexibility index (Phi) is 19.3. The first-order valence-corrected chi connectivity index (χ1v) is 9.72. The zero-order valence-electron chi connectivity index (χ0n) is 13.9. The summed E-state index contributed by atoms with van der Waals surface area (Å²) in [6.45, 7) is 2.29. The van der Waals surface area contributed by atoms with E-state index in [0.717, 1.165) is 0 Å². The maximum absolute atomic E-state index is 4.07. The van der Waals surface area contributed by atoms with Crippen LogP contribution in [0.3, 0.4) is 0 Å². The zero-order valence-corrected chi connectivity index (χ0v) is 14.8. The molecule has 0 spiro atoms. The van der Waals surface area contributed by atoms with Crippen LogP contribution in [0.15, 0.2) is 11.9 Å². The van der Waals surface area contributed by atoms with Gasteiger partial charge in [0.05, 0.1) is 0 Å². The van der Waals surface area contributed by atoms with Crippen LogP contribution in [-0.2, 0) is 0 Å². The molecule has 0 atom stereocenters. The van der Waals surface area contributed by atoms with Crippen molar-refractivity contribution in [1.29, 1.82) is 0 Å². The Labute approximate surface area is 131 Å². The number of unbranched alkanes of at least 4 members (excludes halogenated alkanes) is 15. The van der Waals surface area contributed by atoms with Crippen molar-refractivity contribution in [2.45, 2.75) is 110 Å². The SMILES string of the molecule is CCCCCCCCCCCCCCCCC/C=C/[P].